The number of hydrogen-bond donors (Lipinski definition) is 1. The molecule has 130 valence electrons. The first kappa shape index (κ1) is 16.7. The molecule has 1 amide bonds. The summed E-state index contributed by atoms with van der Waals surface area (Å²) in [5.74, 6) is -1.37. The van der Waals surface area contributed by atoms with E-state index in [1.54, 1.807) is 18.2 Å². The fraction of sp³-hybridized carbons (Fsp3) is 0.467. The van der Waals surface area contributed by atoms with Crippen LogP contribution in [0.15, 0.2) is 18.2 Å². The van der Waals surface area contributed by atoms with Crippen LogP contribution < -0.4 is 4.31 Å². The highest BCUT2D eigenvalue weighted by Gasteiger charge is 2.31. The van der Waals surface area contributed by atoms with Gasteiger partial charge in [-0.2, -0.15) is 0 Å². The SMILES string of the molecule is CS(=O)(=O)N1CCc2cc(C(=O)N3CCO[C@@H](C(=O)O)C3)ccc21. The van der Waals surface area contributed by atoms with Gasteiger partial charge in [0.25, 0.3) is 5.91 Å². The fourth-order valence-electron chi connectivity index (χ4n) is 3.01. The number of morpholine rings is 1. The van der Waals surface area contributed by atoms with Crippen molar-refractivity contribution in [3.05, 3.63) is 29.3 Å². The van der Waals surface area contributed by atoms with Crippen molar-refractivity contribution < 1.29 is 27.9 Å². The van der Waals surface area contributed by atoms with Gasteiger partial charge in [-0.15, -0.1) is 0 Å². The summed E-state index contributed by atoms with van der Waals surface area (Å²) in [6.45, 7) is 0.871. The van der Waals surface area contributed by atoms with E-state index in [9.17, 15) is 18.0 Å². The first-order valence-corrected chi connectivity index (χ1v) is 9.36. The van der Waals surface area contributed by atoms with Crippen LogP contribution in [0.3, 0.4) is 0 Å². The summed E-state index contributed by atoms with van der Waals surface area (Å²) < 4.78 is 29.9. The van der Waals surface area contributed by atoms with E-state index in [0.717, 1.165) is 11.8 Å². The summed E-state index contributed by atoms with van der Waals surface area (Å²) in [5, 5.41) is 9.02. The van der Waals surface area contributed by atoms with Crippen molar-refractivity contribution in [2.45, 2.75) is 12.5 Å². The zero-order valence-corrected chi connectivity index (χ0v) is 14.0. The summed E-state index contributed by atoms with van der Waals surface area (Å²) in [5.41, 5.74) is 1.82. The van der Waals surface area contributed by atoms with E-state index in [4.69, 9.17) is 9.84 Å². The van der Waals surface area contributed by atoms with Gasteiger partial charge in [-0.25, -0.2) is 13.2 Å². The second-order valence-electron chi connectivity index (χ2n) is 5.88. The van der Waals surface area contributed by atoms with Crippen LogP contribution in [-0.4, -0.2) is 68.9 Å². The third kappa shape index (κ3) is 3.09. The molecule has 2 aliphatic heterocycles. The number of carboxylic acids is 1. The normalized spacial score (nSPS) is 20.8. The summed E-state index contributed by atoms with van der Waals surface area (Å²) in [6.07, 6.45) is 0.684. The number of ether oxygens (including phenoxy) is 1. The topological polar surface area (TPSA) is 104 Å². The highest BCUT2D eigenvalue weighted by Crippen LogP contribution is 2.31. The van der Waals surface area contributed by atoms with E-state index in [1.165, 1.54) is 9.21 Å². The second kappa shape index (κ2) is 6.06. The molecule has 1 saturated heterocycles. The Bertz CT molecular complexity index is 791. The lowest BCUT2D eigenvalue weighted by molar-refractivity contribution is -0.154. The van der Waals surface area contributed by atoms with Gasteiger partial charge in [0.05, 0.1) is 25.1 Å². The van der Waals surface area contributed by atoms with Gasteiger partial charge in [0.2, 0.25) is 10.0 Å². The number of anilines is 1. The van der Waals surface area contributed by atoms with Crippen LogP contribution in [0.25, 0.3) is 0 Å². The third-order valence-electron chi connectivity index (χ3n) is 4.21. The molecular formula is C15H18N2O6S. The van der Waals surface area contributed by atoms with E-state index in [2.05, 4.69) is 0 Å². The molecule has 0 radical (unpaired) electrons. The van der Waals surface area contributed by atoms with Crippen LogP contribution >= 0.6 is 0 Å². The second-order valence-corrected chi connectivity index (χ2v) is 7.78. The molecule has 0 unspecified atom stereocenters. The molecule has 2 aliphatic rings. The van der Waals surface area contributed by atoms with E-state index in [1.807, 2.05) is 0 Å². The van der Waals surface area contributed by atoms with Crippen LogP contribution in [0.4, 0.5) is 5.69 Å². The lowest BCUT2D eigenvalue weighted by Crippen LogP contribution is -2.48. The molecule has 0 aliphatic carbocycles. The van der Waals surface area contributed by atoms with E-state index >= 15 is 0 Å². The van der Waals surface area contributed by atoms with Crippen molar-refractivity contribution in [3.8, 4) is 0 Å². The molecule has 1 aromatic carbocycles. The van der Waals surface area contributed by atoms with Gasteiger partial charge in [0, 0.05) is 18.7 Å². The van der Waals surface area contributed by atoms with Crippen LogP contribution in [0.2, 0.25) is 0 Å². The molecule has 1 N–H and O–H groups in total. The number of fused-ring (bicyclic) bond motifs is 1. The number of amides is 1. The van der Waals surface area contributed by atoms with Crippen molar-refractivity contribution in [2.24, 2.45) is 0 Å². The number of nitrogens with zero attached hydrogens (tertiary/aromatic N) is 2. The maximum atomic E-state index is 12.6. The predicted octanol–water partition coefficient (Wildman–Crippen LogP) is -0.0657. The smallest absolute Gasteiger partial charge is 0.334 e. The molecule has 0 aromatic heterocycles. The minimum absolute atomic E-state index is 0.000710. The van der Waals surface area contributed by atoms with E-state index in [0.29, 0.717) is 30.8 Å². The van der Waals surface area contributed by atoms with Crippen molar-refractivity contribution in [1.29, 1.82) is 0 Å². The van der Waals surface area contributed by atoms with E-state index < -0.39 is 22.1 Å². The quantitative estimate of drug-likeness (QED) is 0.815. The Balaban J connectivity index is 1.81. The van der Waals surface area contributed by atoms with Crippen molar-refractivity contribution in [2.75, 3.05) is 36.8 Å². The number of sulfonamides is 1. The molecule has 0 bridgehead atoms. The van der Waals surface area contributed by atoms with Gasteiger partial charge in [0.1, 0.15) is 0 Å². The predicted molar refractivity (Wildman–Crippen MR) is 85.6 cm³/mol. The molecule has 0 spiro atoms. The molecule has 2 heterocycles. The Morgan fingerprint density at radius 1 is 1.29 bits per heavy atom. The van der Waals surface area contributed by atoms with Crippen molar-refractivity contribution in [3.63, 3.8) is 0 Å². The zero-order valence-electron chi connectivity index (χ0n) is 13.1. The van der Waals surface area contributed by atoms with Gasteiger partial charge in [-0.3, -0.25) is 9.10 Å². The first-order chi connectivity index (χ1) is 11.3. The standard InChI is InChI=1S/C15H18N2O6S/c1-24(21,22)17-5-4-10-8-11(2-3-12(10)17)14(18)16-6-7-23-13(9-16)15(19)20/h2-3,8,13H,4-7,9H2,1H3,(H,19,20)/t13-/m1/s1. The number of hydrogen-bond acceptors (Lipinski definition) is 5. The number of benzene rings is 1. The summed E-state index contributed by atoms with van der Waals surface area (Å²) >= 11 is 0. The van der Waals surface area contributed by atoms with Crippen LogP contribution in [-0.2, 0) is 26.0 Å². The minimum Gasteiger partial charge on any atom is -0.479 e. The van der Waals surface area contributed by atoms with Gasteiger partial charge < -0.3 is 14.7 Å². The number of carbonyl (C=O) groups excluding carboxylic acids is 1. The highest BCUT2D eigenvalue weighted by molar-refractivity contribution is 7.92. The minimum atomic E-state index is -3.33. The molecule has 1 aromatic rings. The molecule has 0 saturated carbocycles. The molecule has 24 heavy (non-hydrogen) atoms. The first-order valence-electron chi connectivity index (χ1n) is 7.51. The van der Waals surface area contributed by atoms with Crippen LogP contribution in [0.5, 0.6) is 0 Å². The Morgan fingerprint density at radius 3 is 2.71 bits per heavy atom. The molecule has 1 fully saturated rings. The average molecular weight is 354 g/mol. The molecular weight excluding hydrogens is 336 g/mol. The van der Waals surface area contributed by atoms with Crippen LogP contribution in [0, 0.1) is 0 Å². The Kier molecular flexibility index (Phi) is 4.22. The lowest BCUT2D eigenvalue weighted by atomic mass is 10.1. The highest BCUT2D eigenvalue weighted by atomic mass is 32.2. The lowest BCUT2D eigenvalue weighted by Gasteiger charge is -2.31. The molecule has 9 heteroatoms. The zero-order chi connectivity index (χ0) is 17.5. The fourth-order valence-corrected chi connectivity index (χ4v) is 3.97. The van der Waals surface area contributed by atoms with Gasteiger partial charge in [-0.1, -0.05) is 0 Å². The largest absolute Gasteiger partial charge is 0.479 e. The van der Waals surface area contributed by atoms with Crippen LogP contribution in [0.1, 0.15) is 15.9 Å². The van der Waals surface area contributed by atoms with Gasteiger partial charge in [0.15, 0.2) is 6.10 Å². The number of carbonyl (C=O) groups is 2. The molecule has 8 nitrogen and oxygen atoms in total. The Morgan fingerprint density at radius 2 is 2.04 bits per heavy atom. The molecule has 3 rings (SSSR count). The van der Waals surface area contributed by atoms with Crippen molar-refractivity contribution in [1.82, 2.24) is 4.90 Å². The maximum Gasteiger partial charge on any atom is 0.334 e. The third-order valence-corrected chi connectivity index (χ3v) is 5.39. The maximum absolute atomic E-state index is 12.6. The summed E-state index contributed by atoms with van der Waals surface area (Å²) in [6, 6.07) is 4.90. The average Bonchev–Trinajstić information content (AvgIpc) is 2.97. The monoisotopic (exact) mass is 354 g/mol. The van der Waals surface area contributed by atoms with Crippen molar-refractivity contribution >= 4 is 27.6 Å². The molecule has 1 atom stereocenters. The summed E-state index contributed by atoms with van der Waals surface area (Å²) in [4.78, 5) is 25.1. The number of carboxylic acid groups (broad SMARTS) is 1. The summed E-state index contributed by atoms with van der Waals surface area (Å²) in [7, 11) is -3.33. The Hall–Kier alpha value is -2.13. The number of aliphatic carboxylic acids is 1. The Labute approximate surface area is 139 Å². The van der Waals surface area contributed by atoms with E-state index in [-0.39, 0.29) is 19.1 Å². The number of rotatable bonds is 3. The van der Waals surface area contributed by atoms with Gasteiger partial charge >= 0.3 is 5.97 Å². The van der Waals surface area contributed by atoms with Gasteiger partial charge in [-0.05, 0) is 30.2 Å².